The average Bonchev–Trinajstić information content (AvgIpc) is 2.23. The molecule has 2 fully saturated rings. The highest BCUT2D eigenvalue weighted by Gasteiger charge is 2.45. The Bertz CT molecular complexity index is 228. The van der Waals surface area contributed by atoms with Crippen molar-refractivity contribution in [1.29, 1.82) is 0 Å². The third kappa shape index (κ3) is 1.09. The zero-order valence-electron chi connectivity index (χ0n) is 8.79. The van der Waals surface area contributed by atoms with Crippen molar-refractivity contribution in [3.05, 3.63) is 0 Å². The first-order chi connectivity index (χ1) is 6.24. The minimum absolute atomic E-state index is 0.899. The van der Waals surface area contributed by atoms with Crippen LogP contribution in [0, 0.1) is 17.8 Å². The lowest BCUT2D eigenvalue weighted by Gasteiger charge is -2.35. The minimum atomic E-state index is 0.899. The van der Waals surface area contributed by atoms with Gasteiger partial charge in [0.25, 0.3) is 0 Å². The van der Waals surface area contributed by atoms with E-state index in [1.165, 1.54) is 25.7 Å². The van der Waals surface area contributed by atoms with E-state index in [1.807, 2.05) is 0 Å². The smallest absolute Gasteiger partial charge is 0.152 e. The summed E-state index contributed by atoms with van der Waals surface area (Å²) in [6, 6.07) is 0.899. The number of hydrogen-bond donors (Lipinski definition) is 0. The van der Waals surface area contributed by atoms with Crippen molar-refractivity contribution in [2.75, 3.05) is 7.05 Å². The zero-order valence-corrected chi connectivity index (χ0v) is 8.79. The van der Waals surface area contributed by atoms with Gasteiger partial charge in [-0.25, -0.2) is 4.58 Å². The summed E-state index contributed by atoms with van der Waals surface area (Å²) in [5.41, 5.74) is 1.69. The molecule has 2 aliphatic carbocycles. The molecule has 2 saturated carbocycles. The van der Waals surface area contributed by atoms with Gasteiger partial charge in [0.05, 0.1) is 0 Å². The van der Waals surface area contributed by atoms with Gasteiger partial charge in [-0.05, 0) is 31.1 Å². The first-order valence-electron chi connectivity index (χ1n) is 5.80. The molecule has 2 heterocycles. The van der Waals surface area contributed by atoms with Gasteiger partial charge in [-0.15, -0.1) is 0 Å². The number of nitrogens with zero attached hydrogens (tertiary/aromatic N) is 1. The molecule has 0 aromatic heterocycles. The predicted molar refractivity (Wildman–Crippen MR) is 54.2 cm³/mol. The van der Waals surface area contributed by atoms with E-state index in [0.717, 1.165) is 23.8 Å². The van der Waals surface area contributed by atoms with Gasteiger partial charge in [-0.3, -0.25) is 0 Å². The van der Waals surface area contributed by atoms with Crippen LogP contribution in [0.25, 0.3) is 0 Å². The highest BCUT2D eigenvalue weighted by Crippen LogP contribution is 2.45. The van der Waals surface area contributed by atoms with Crippen molar-refractivity contribution in [1.82, 2.24) is 0 Å². The molecule has 1 heteroatoms. The van der Waals surface area contributed by atoms with Gasteiger partial charge in [0, 0.05) is 25.7 Å². The van der Waals surface area contributed by atoms with E-state index in [0.29, 0.717) is 0 Å². The van der Waals surface area contributed by atoms with Crippen molar-refractivity contribution in [2.24, 2.45) is 17.8 Å². The van der Waals surface area contributed by atoms with Gasteiger partial charge in [-0.2, -0.15) is 0 Å². The predicted octanol–water partition coefficient (Wildman–Crippen LogP) is 2.30. The van der Waals surface area contributed by atoms with Gasteiger partial charge in [0.1, 0.15) is 7.05 Å². The molecule has 0 aromatic rings. The van der Waals surface area contributed by atoms with Gasteiger partial charge < -0.3 is 0 Å². The second kappa shape index (κ2) is 2.59. The Morgan fingerprint density at radius 1 is 1.00 bits per heavy atom. The molecule has 2 unspecified atom stereocenters. The number of hydrogen-bond acceptors (Lipinski definition) is 0. The van der Waals surface area contributed by atoms with Crippen LogP contribution in [0.1, 0.15) is 39.0 Å². The molecule has 0 amide bonds. The Morgan fingerprint density at radius 3 is 2.23 bits per heavy atom. The Labute approximate surface area is 80.8 Å². The van der Waals surface area contributed by atoms with Crippen LogP contribution < -0.4 is 0 Å². The van der Waals surface area contributed by atoms with E-state index in [2.05, 4.69) is 18.5 Å². The molecule has 4 rings (SSSR count). The molecular weight excluding hydrogens is 158 g/mol. The van der Waals surface area contributed by atoms with Crippen LogP contribution >= 0.6 is 0 Å². The van der Waals surface area contributed by atoms with E-state index in [9.17, 15) is 0 Å². The van der Waals surface area contributed by atoms with Crippen LogP contribution in [-0.2, 0) is 0 Å². The van der Waals surface area contributed by atoms with Crippen LogP contribution in [0.2, 0.25) is 0 Å². The van der Waals surface area contributed by atoms with Crippen molar-refractivity contribution >= 4 is 5.71 Å². The maximum Gasteiger partial charge on any atom is 0.152 e. The summed E-state index contributed by atoms with van der Waals surface area (Å²) in [6.07, 6.45) is 7.53. The molecule has 2 atom stereocenters. The quantitative estimate of drug-likeness (QED) is 0.501. The van der Waals surface area contributed by atoms with Crippen molar-refractivity contribution in [3.63, 3.8) is 0 Å². The van der Waals surface area contributed by atoms with Gasteiger partial charge in [-0.1, -0.05) is 0 Å². The third-order valence-electron chi connectivity index (χ3n) is 4.81. The van der Waals surface area contributed by atoms with Crippen LogP contribution in [0.4, 0.5) is 0 Å². The summed E-state index contributed by atoms with van der Waals surface area (Å²) >= 11 is 0. The Balaban J connectivity index is 2.03. The third-order valence-corrected chi connectivity index (χ3v) is 4.81. The zero-order chi connectivity index (χ0) is 9.00. The Morgan fingerprint density at radius 2 is 1.62 bits per heavy atom. The van der Waals surface area contributed by atoms with Crippen LogP contribution in [0.3, 0.4) is 0 Å². The van der Waals surface area contributed by atoms with Crippen molar-refractivity contribution in [3.8, 4) is 0 Å². The summed E-state index contributed by atoms with van der Waals surface area (Å²) in [6.45, 7) is 2.37. The maximum atomic E-state index is 2.60. The average molecular weight is 178 g/mol. The van der Waals surface area contributed by atoms with E-state index in [-0.39, 0.29) is 0 Å². The fraction of sp³-hybridized carbons (Fsp3) is 0.917. The molecule has 2 aliphatic heterocycles. The monoisotopic (exact) mass is 178 g/mol. The fourth-order valence-electron chi connectivity index (χ4n) is 4.05. The van der Waals surface area contributed by atoms with E-state index < -0.39 is 0 Å². The Kier molecular flexibility index (Phi) is 1.59. The molecule has 1 nitrogen and oxygen atoms in total. The first kappa shape index (κ1) is 8.02. The normalized spacial score (nSPS) is 48.5. The standard InChI is InChI=1S/C12H20N/c1-8-11-4-9-3-10(5-11)7-12(6-9)13(8)2/h9-12H,3-7H2,1-2H3/q+1. The maximum absolute atomic E-state index is 2.60. The molecule has 0 N–H and O–H groups in total. The van der Waals surface area contributed by atoms with Gasteiger partial charge in [0.2, 0.25) is 0 Å². The highest BCUT2D eigenvalue weighted by molar-refractivity contribution is 5.80. The molecule has 4 aliphatic rings. The molecule has 0 aromatic carbocycles. The van der Waals surface area contributed by atoms with Crippen molar-refractivity contribution in [2.45, 2.75) is 45.1 Å². The lowest BCUT2D eigenvalue weighted by molar-refractivity contribution is -0.543. The Hall–Kier alpha value is -0.330. The topological polar surface area (TPSA) is 3.01 Å². The largest absolute Gasteiger partial charge is 0.237 e. The van der Waals surface area contributed by atoms with Gasteiger partial charge in [0.15, 0.2) is 11.8 Å². The summed E-state index contributed by atoms with van der Waals surface area (Å²) in [7, 11) is 2.32. The molecule has 13 heavy (non-hydrogen) atoms. The molecular formula is C12H20N+. The fourth-order valence-corrected chi connectivity index (χ4v) is 4.05. The van der Waals surface area contributed by atoms with E-state index >= 15 is 0 Å². The molecule has 0 spiro atoms. The van der Waals surface area contributed by atoms with Crippen LogP contribution in [0.5, 0.6) is 0 Å². The number of rotatable bonds is 0. The molecule has 0 saturated heterocycles. The van der Waals surface area contributed by atoms with Crippen LogP contribution in [0.15, 0.2) is 0 Å². The molecule has 0 radical (unpaired) electrons. The summed E-state index contributed by atoms with van der Waals surface area (Å²) in [4.78, 5) is 0. The van der Waals surface area contributed by atoms with Crippen LogP contribution in [-0.4, -0.2) is 23.4 Å². The highest BCUT2D eigenvalue weighted by atomic mass is 15.0. The first-order valence-corrected chi connectivity index (χ1v) is 5.80. The molecule has 4 bridgehead atoms. The SMILES string of the molecule is CC1=[N+](C)C2CC3CC(CC1C3)C2. The molecule has 72 valence electrons. The lowest BCUT2D eigenvalue weighted by atomic mass is 9.67. The van der Waals surface area contributed by atoms with E-state index in [1.54, 1.807) is 12.1 Å². The summed E-state index contributed by atoms with van der Waals surface area (Å²) in [5, 5.41) is 0. The lowest BCUT2D eigenvalue weighted by Crippen LogP contribution is -2.33. The second-order valence-electron chi connectivity index (χ2n) is 5.51. The van der Waals surface area contributed by atoms with Gasteiger partial charge >= 0.3 is 0 Å². The summed E-state index contributed by atoms with van der Waals surface area (Å²) in [5.74, 6) is 3.09. The van der Waals surface area contributed by atoms with E-state index in [4.69, 9.17) is 0 Å². The second-order valence-corrected chi connectivity index (χ2v) is 5.51. The minimum Gasteiger partial charge on any atom is -0.237 e. The summed E-state index contributed by atoms with van der Waals surface area (Å²) < 4.78 is 2.60. The van der Waals surface area contributed by atoms with Crippen molar-refractivity contribution < 1.29 is 4.58 Å².